The molecule has 0 aliphatic carbocycles. The van der Waals surface area contributed by atoms with Crippen LogP contribution in [0.1, 0.15) is 11.3 Å². The second-order valence-electron chi connectivity index (χ2n) is 6.51. The summed E-state index contributed by atoms with van der Waals surface area (Å²) in [7, 11) is 4.64. The van der Waals surface area contributed by atoms with E-state index >= 15 is 0 Å². The van der Waals surface area contributed by atoms with Gasteiger partial charge >= 0.3 is 0 Å². The number of pyridine rings is 1. The number of amides is 1. The number of benzene rings is 2. The van der Waals surface area contributed by atoms with Gasteiger partial charge in [0, 0.05) is 23.0 Å². The molecule has 1 aromatic heterocycles. The number of methoxy groups -OCH3 is 3. The van der Waals surface area contributed by atoms with E-state index in [0.29, 0.717) is 28.8 Å². The topological polar surface area (TPSA) is 60.9 Å². The van der Waals surface area contributed by atoms with E-state index in [1.54, 1.807) is 74.9 Å². The molecule has 7 heteroatoms. The van der Waals surface area contributed by atoms with Crippen LogP contribution in [0, 0.1) is 0 Å². The van der Waals surface area contributed by atoms with Gasteiger partial charge in [0.15, 0.2) is 11.5 Å². The number of nitrogens with zero attached hydrogens (tertiary/aromatic N) is 2. The van der Waals surface area contributed by atoms with Crippen LogP contribution in [0.3, 0.4) is 0 Å². The van der Waals surface area contributed by atoms with E-state index in [1.165, 1.54) is 6.08 Å². The minimum absolute atomic E-state index is 0.207. The van der Waals surface area contributed by atoms with Gasteiger partial charge in [-0.2, -0.15) is 0 Å². The standard InChI is InChI=1S/C24H23ClN2O4/c1-29-21-14-17(15-22(30-2)24(21)31-3)7-12-23(28)27(16-19-6-4-5-13-26-19)20-10-8-18(25)9-11-20/h4-15H,16H2,1-3H3/b12-7+. The lowest BCUT2D eigenvalue weighted by Gasteiger charge is -2.21. The third-order valence-corrected chi connectivity index (χ3v) is 4.81. The number of hydrogen-bond acceptors (Lipinski definition) is 5. The molecule has 31 heavy (non-hydrogen) atoms. The SMILES string of the molecule is COc1cc(/C=C/C(=O)N(Cc2ccccn2)c2ccc(Cl)cc2)cc(OC)c1OC. The van der Waals surface area contributed by atoms with Gasteiger partial charge in [-0.1, -0.05) is 17.7 Å². The number of carbonyl (C=O) groups is 1. The van der Waals surface area contributed by atoms with E-state index in [1.807, 2.05) is 18.2 Å². The number of aromatic nitrogens is 1. The molecule has 0 aliphatic rings. The number of halogens is 1. The molecule has 3 aromatic rings. The Bertz CT molecular complexity index is 1030. The summed E-state index contributed by atoms with van der Waals surface area (Å²) in [4.78, 5) is 19.1. The molecule has 0 saturated carbocycles. The summed E-state index contributed by atoms with van der Waals surface area (Å²) in [6.07, 6.45) is 4.90. The van der Waals surface area contributed by atoms with Crippen LogP contribution >= 0.6 is 11.6 Å². The van der Waals surface area contributed by atoms with Crippen LogP contribution in [0.2, 0.25) is 5.02 Å². The number of carbonyl (C=O) groups excluding carboxylic acids is 1. The minimum atomic E-state index is -0.207. The predicted octanol–water partition coefficient (Wildman–Crippen LogP) is 5.01. The lowest BCUT2D eigenvalue weighted by atomic mass is 10.1. The molecule has 0 N–H and O–H groups in total. The second-order valence-corrected chi connectivity index (χ2v) is 6.95. The first kappa shape index (κ1) is 22.2. The quantitative estimate of drug-likeness (QED) is 0.463. The fourth-order valence-corrected chi connectivity index (χ4v) is 3.15. The van der Waals surface area contributed by atoms with E-state index in [4.69, 9.17) is 25.8 Å². The van der Waals surface area contributed by atoms with Crippen LogP contribution < -0.4 is 19.1 Å². The molecule has 0 spiro atoms. The van der Waals surface area contributed by atoms with Gasteiger partial charge in [0.2, 0.25) is 5.75 Å². The van der Waals surface area contributed by atoms with Crippen LogP contribution in [-0.2, 0) is 11.3 Å². The van der Waals surface area contributed by atoms with Crippen molar-refractivity contribution in [2.24, 2.45) is 0 Å². The van der Waals surface area contributed by atoms with Crippen LogP contribution in [0.5, 0.6) is 17.2 Å². The van der Waals surface area contributed by atoms with Crippen molar-refractivity contribution in [3.05, 3.63) is 83.2 Å². The molecule has 1 amide bonds. The van der Waals surface area contributed by atoms with E-state index in [9.17, 15) is 4.79 Å². The maximum absolute atomic E-state index is 13.1. The first-order chi connectivity index (χ1) is 15.0. The molecule has 0 fully saturated rings. The molecular weight excluding hydrogens is 416 g/mol. The molecule has 1 heterocycles. The van der Waals surface area contributed by atoms with Gasteiger partial charge in [0.25, 0.3) is 5.91 Å². The summed E-state index contributed by atoms with van der Waals surface area (Å²) in [5.41, 5.74) is 2.22. The van der Waals surface area contributed by atoms with Crippen molar-refractivity contribution >= 4 is 29.3 Å². The summed E-state index contributed by atoms with van der Waals surface area (Å²) in [6.45, 7) is 0.320. The van der Waals surface area contributed by atoms with Crippen molar-refractivity contribution in [2.45, 2.75) is 6.54 Å². The van der Waals surface area contributed by atoms with Crippen molar-refractivity contribution in [3.8, 4) is 17.2 Å². The Morgan fingerprint density at radius 3 is 2.23 bits per heavy atom. The van der Waals surface area contributed by atoms with Crippen molar-refractivity contribution in [1.82, 2.24) is 4.98 Å². The second kappa shape index (κ2) is 10.5. The van der Waals surface area contributed by atoms with Crippen molar-refractivity contribution in [2.75, 3.05) is 26.2 Å². The summed E-state index contributed by atoms with van der Waals surface area (Å²) in [6, 6.07) is 16.2. The number of anilines is 1. The van der Waals surface area contributed by atoms with Gasteiger partial charge in [0.05, 0.1) is 33.6 Å². The highest BCUT2D eigenvalue weighted by Crippen LogP contribution is 2.38. The largest absolute Gasteiger partial charge is 0.493 e. The van der Waals surface area contributed by atoms with E-state index < -0.39 is 0 Å². The Morgan fingerprint density at radius 2 is 1.68 bits per heavy atom. The van der Waals surface area contributed by atoms with Crippen LogP contribution in [0.4, 0.5) is 5.69 Å². The third-order valence-electron chi connectivity index (χ3n) is 4.56. The predicted molar refractivity (Wildman–Crippen MR) is 122 cm³/mol. The zero-order chi connectivity index (χ0) is 22.2. The van der Waals surface area contributed by atoms with Gasteiger partial charge in [-0.15, -0.1) is 0 Å². The summed E-state index contributed by atoms with van der Waals surface area (Å²) >= 11 is 6.02. The number of ether oxygens (including phenoxy) is 3. The van der Waals surface area contributed by atoms with Gasteiger partial charge in [-0.25, -0.2) is 0 Å². The fourth-order valence-electron chi connectivity index (χ4n) is 3.03. The average molecular weight is 439 g/mol. The molecule has 6 nitrogen and oxygen atoms in total. The zero-order valence-electron chi connectivity index (χ0n) is 17.5. The van der Waals surface area contributed by atoms with Crippen molar-refractivity contribution in [3.63, 3.8) is 0 Å². The molecule has 3 rings (SSSR count). The molecule has 0 radical (unpaired) electrons. The van der Waals surface area contributed by atoms with Crippen LogP contribution in [-0.4, -0.2) is 32.2 Å². The summed E-state index contributed by atoms with van der Waals surface area (Å²) in [5.74, 6) is 1.31. The van der Waals surface area contributed by atoms with Crippen molar-refractivity contribution in [1.29, 1.82) is 0 Å². The Hall–Kier alpha value is -3.51. The number of hydrogen-bond donors (Lipinski definition) is 0. The van der Waals surface area contributed by atoms with E-state index in [0.717, 1.165) is 16.9 Å². The van der Waals surface area contributed by atoms with Crippen LogP contribution in [0.25, 0.3) is 6.08 Å². The fraction of sp³-hybridized carbons (Fsp3) is 0.167. The Morgan fingerprint density at radius 1 is 1.00 bits per heavy atom. The molecule has 0 bridgehead atoms. The molecule has 2 aromatic carbocycles. The highest BCUT2D eigenvalue weighted by Gasteiger charge is 2.16. The normalized spacial score (nSPS) is 10.7. The highest BCUT2D eigenvalue weighted by molar-refractivity contribution is 6.30. The molecular formula is C24H23ClN2O4. The maximum Gasteiger partial charge on any atom is 0.251 e. The third kappa shape index (κ3) is 5.55. The van der Waals surface area contributed by atoms with Gasteiger partial charge in [-0.05, 0) is 60.2 Å². The Balaban J connectivity index is 1.91. The summed E-state index contributed by atoms with van der Waals surface area (Å²) < 4.78 is 16.1. The minimum Gasteiger partial charge on any atom is -0.493 e. The highest BCUT2D eigenvalue weighted by atomic mass is 35.5. The van der Waals surface area contributed by atoms with Gasteiger partial charge in [0.1, 0.15) is 0 Å². The molecule has 0 atom stereocenters. The lowest BCUT2D eigenvalue weighted by Crippen LogP contribution is -2.29. The smallest absolute Gasteiger partial charge is 0.251 e. The van der Waals surface area contributed by atoms with Gasteiger partial charge < -0.3 is 19.1 Å². The monoisotopic (exact) mass is 438 g/mol. The Kier molecular flexibility index (Phi) is 7.51. The number of rotatable bonds is 8. The van der Waals surface area contributed by atoms with Crippen molar-refractivity contribution < 1.29 is 19.0 Å². The lowest BCUT2D eigenvalue weighted by molar-refractivity contribution is -0.114. The summed E-state index contributed by atoms with van der Waals surface area (Å²) in [5, 5.41) is 0.599. The zero-order valence-corrected chi connectivity index (χ0v) is 18.3. The molecule has 0 saturated heterocycles. The first-order valence-electron chi connectivity index (χ1n) is 9.50. The molecule has 160 valence electrons. The first-order valence-corrected chi connectivity index (χ1v) is 9.88. The molecule has 0 unspecified atom stereocenters. The Labute approximate surface area is 186 Å². The average Bonchev–Trinajstić information content (AvgIpc) is 2.81. The van der Waals surface area contributed by atoms with Gasteiger partial charge in [-0.3, -0.25) is 9.78 Å². The van der Waals surface area contributed by atoms with Crippen LogP contribution in [0.15, 0.2) is 66.9 Å². The van der Waals surface area contributed by atoms with E-state index in [-0.39, 0.29) is 5.91 Å². The van der Waals surface area contributed by atoms with E-state index in [2.05, 4.69) is 4.98 Å². The molecule has 0 aliphatic heterocycles. The maximum atomic E-state index is 13.1.